The minimum atomic E-state index is -0.666. The van der Waals surface area contributed by atoms with Crippen LogP contribution < -0.4 is 5.32 Å². The lowest BCUT2D eigenvalue weighted by Crippen LogP contribution is -2.16. The van der Waals surface area contributed by atoms with Crippen molar-refractivity contribution in [2.75, 3.05) is 39.5 Å². The van der Waals surface area contributed by atoms with Crippen molar-refractivity contribution in [3.05, 3.63) is 0 Å². The molecule has 0 aliphatic rings. The van der Waals surface area contributed by atoms with E-state index in [4.69, 9.17) is 9.47 Å². The molecule has 0 saturated carbocycles. The van der Waals surface area contributed by atoms with Crippen LogP contribution in [0.5, 0.6) is 0 Å². The molecule has 0 aromatic heterocycles. The van der Waals surface area contributed by atoms with Crippen molar-refractivity contribution in [3.63, 3.8) is 0 Å². The number of nitrogens with one attached hydrogen (secondary N) is 1. The summed E-state index contributed by atoms with van der Waals surface area (Å²) in [6, 6.07) is 0. The van der Waals surface area contributed by atoms with E-state index in [0.29, 0.717) is 13.2 Å². The molecule has 0 aliphatic carbocycles. The lowest BCUT2D eigenvalue weighted by molar-refractivity contribution is 0.0451. The van der Waals surface area contributed by atoms with E-state index in [2.05, 4.69) is 24.1 Å². The minimum Gasteiger partial charge on any atom is -0.381 e. The van der Waals surface area contributed by atoms with Gasteiger partial charge in [-0.05, 0) is 32.9 Å². The molecule has 0 radical (unpaired) electrons. The Bertz CT molecular complexity index is 210. The van der Waals surface area contributed by atoms with Crippen molar-refractivity contribution < 1.29 is 14.6 Å². The third-order valence-corrected chi connectivity index (χ3v) is 2.06. The zero-order valence-corrected chi connectivity index (χ0v) is 11.0. The van der Waals surface area contributed by atoms with Crippen LogP contribution in [-0.4, -0.2) is 50.7 Å². The van der Waals surface area contributed by atoms with Crippen LogP contribution in [0.4, 0.5) is 0 Å². The zero-order chi connectivity index (χ0) is 12.8. The first-order valence-corrected chi connectivity index (χ1v) is 6.27. The minimum absolute atomic E-state index is 0.279. The van der Waals surface area contributed by atoms with Crippen molar-refractivity contribution in [2.24, 2.45) is 0 Å². The molecule has 0 fully saturated rings. The molecule has 0 amide bonds. The van der Waals surface area contributed by atoms with Crippen LogP contribution in [0.15, 0.2) is 0 Å². The summed E-state index contributed by atoms with van der Waals surface area (Å²) in [5.74, 6) is 5.26. The van der Waals surface area contributed by atoms with Crippen LogP contribution in [0.3, 0.4) is 0 Å². The van der Waals surface area contributed by atoms with Gasteiger partial charge in [0.15, 0.2) is 0 Å². The van der Waals surface area contributed by atoms with Gasteiger partial charge in [0.1, 0.15) is 6.10 Å². The predicted molar refractivity (Wildman–Crippen MR) is 68.9 cm³/mol. The fourth-order valence-electron chi connectivity index (χ4n) is 1.24. The second-order valence-electron chi connectivity index (χ2n) is 3.66. The molecule has 0 aromatic rings. The summed E-state index contributed by atoms with van der Waals surface area (Å²) in [5.41, 5.74) is 0. The first-order valence-electron chi connectivity index (χ1n) is 6.27. The molecule has 17 heavy (non-hydrogen) atoms. The van der Waals surface area contributed by atoms with Crippen LogP contribution in [0, 0.1) is 11.8 Å². The Morgan fingerprint density at radius 2 is 1.88 bits per heavy atom. The molecule has 1 unspecified atom stereocenters. The maximum absolute atomic E-state index is 9.24. The number of hydrogen-bond acceptors (Lipinski definition) is 4. The van der Waals surface area contributed by atoms with Gasteiger partial charge in [-0.2, -0.15) is 0 Å². The molecule has 1 atom stereocenters. The molecule has 100 valence electrons. The van der Waals surface area contributed by atoms with Gasteiger partial charge in [0, 0.05) is 19.8 Å². The van der Waals surface area contributed by atoms with E-state index < -0.39 is 6.10 Å². The molecule has 0 aliphatic heterocycles. The van der Waals surface area contributed by atoms with Gasteiger partial charge in [-0.1, -0.05) is 12.8 Å². The van der Waals surface area contributed by atoms with Gasteiger partial charge in [0.25, 0.3) is 0 Å². The van der Waals surface area contributed by atoms with Crippen LogP contribution in [0.1, 0.15) is 26.7 Å². The summed E-state index contributed by atoms with van der Waals surface area (Å²) in [6.45, 7) is 8.20. The van der Waals surface area contributed by atoms with Crippen molar-refractivity contribution >= 4 is 0 Å². The van der Waals surface area contributed by atoms with Crippen molar-refractivity contribution in [1.29, 1.82) is 0 Å². The zero-order valence-electron chi connectivity index (χ0n) is 11.0. The predicted octanol–water partition coefficient (Wildman–Crippen LogP) is 0.793. The highest BCUT2D eigenvalue weighted by atomic mass is 16.5. The fourth-order valence-corrected chi connectivity index (χ4v) is 1.24. The number of aliphatic hydroxyl groups excluding tert-OH is 1. The summed E-state index contributed by atoms with van der Waals surface area (Å²) in [5, 5.41) is 12.5. The first kappa shape index (κ1) is 16.4. The van der Waals surface area contributed by atoms with Crippen LogP contribution >= 0.6 is 0 Å². The standard InChI is InChI=1S/C13H25NO3/c1-3-7-13(15)12-17-11-6-10-16-9-5-8-14-4-2/h13-15H,4-6,8-12H2,1-2H3. The Balaban J connectivity index is 3.05. The Kier molecular flexibility index (Phi) is 13.0. The van der Waals surface area contributed by atoms with E-state index in [1.807, 2.05) is 0 Å². The van der Waals surface area contributed by atoms with Crippen molar-refractivity contribution in [2.45, 2.75) is 32.8 Å². The highest BCUT2D eigenvalue weighted by Gasteiger charge is 1.98. The van der Waals surface area contributed by atoms with E-state index in [-0.39, 0.29) is 6.61 Å². The van der Waals surface area contributed by atoms with E-state index in [1.165, 1.54) is 0 Å². The van der Waals surface area contributed by atoms with Crippen LogP contribution in [0.25, 0.3) is 0 Å². The monoisotopic (exact) mass is 243 g/mol. The van der Waals surface area contributed by atoms with Crippen LogP contribution in [0.2, 0.25) is 0 Å². The lowest BCUT2D eigenvalue weighted by atomic mass is 10.4. The highest BCUT2D eigenvalue weighted by Crippen LogP contribution is 1.89. The van der Waals surface area contributed by atoms with E-state index in [9.17, 15) is 5.11 Å². The summed E-state index contributed by atoms with van der Waals surface area (Å²) in [4.78, 5) is 0. The third kappa shape index (κ3) is 13.3. The highest BCUT2D eigenvalue weighted by molar-refractivity contribution is 5.01. The fraction of sp³-hybridized carbons (Fsp3) is 0.846. The van der Waals surface area contributed by atoms with Crippen LogP contribution in [-0.2, 0) is 9.47 Å². The topological polar surface area (TPSA) is 50.7 Å². The molecule has 0 heterocycles. The Labute approximate surface area is 105 Å². The maximum Gasteiger partial charge on any atom is 0.137 e. The molecular weight excluding hydrogens is 218 g/mol. The van der Waals surface area contributed by atoms with E-state index in [1.54, 1.807) is 6.92 Å². The number of hydrogen-bond donors (Lipinski definition) is 2. The van der Waals surface area contributed by atoms with Gasteiger partial charge in [-0.25, -0.2) is 0 Å². The molecule has 2 N–H and O–H groups in total. The van der Waals surface area contributed by atoms with Gasteiger partial charge >= 0.3 is 0 Å². The number of rotatable bonds is 11. The largest absolute Gasteiger partial charge is 0.381 e. The summed E-state index contributed by atoms with van der Waals surface area (Å²) in [6.07, 6.45) is 1.23. The Morgan fingerprint density at radius 3 is 2.59 bits per heavy atom. The average molecular weight is 243 g/mol. The molecule has 0 rings (SSSR count). The summed E-state index contributed by atoms with van der Waals surface area (Å²) < 4.78 is 10.7. The van der Waals surface area contributed by atoms with Gasteiger partial charge in [-0.15, -0.1) is 5.92 Å². The molecule has 0 saturated heterocycles. The Hall–Kier alpha value is -0.600. The molecule has 0 bridgehead atoms. The molecule has 4 nitrogen and oxygen atoms in total. The van der Waals surface area contributed by atoms with Crippen molar-refractivity contribution in [3.8, 4) is 11.8 Å². The number of ether oxygens (including phenoxy) is 2. The molecule has 4 heteroatoms. The van der Waals surface area contributed by atoms with E-state index in [0.717, 1.165) is 32.5 Å². The van der Waals surface area contributed by atoms with Gasteiger partial charge in [-0.3, -0.25) is 0 Å². The summed E-state index contributed by atoms with van der Waals surface area (Å²) in [7, 11) is 0. The van der Waals surface area contributed by atoms with E-state index >= 15 is 0 Å². The van der Waals surface area contributed by atoms with Gasteiger partial charge in [0.2, 0.25) is 0 Å². The maximum atomic E-state index is 9.24. The molecule has 0 aromatic carbocycles. The average Bonchev–Trinajstić information content (AvgIpc) is 2.32. The first-order chi connectivity index (χ1) is 8.31. The lowest BCUT2D eigenvalue weighted by Gasteiger charge is -2.07. The van der Waals surface area contributed by atoms with Crippen molar-refractivity contribution in [1.82, 2.24) is 5.32 Å². The summed E-state index contributed by atoms with van der Waals surface area (Å²) >= 11 is 0. The second kappa shape index (κ2) is 13.5. The van der Waals surface area contributed by atoms with Gasteiger partial charge < -0.3 is 19.9 Å². The second-order valence-corrected chi connectivity index (χ2v) is 3.66. The van der Waals surface area contributed by atoms with Gasteiger partial charge in [0.05, 0.1) is 6.61 Å². The SMILES string of the molecule is CC#CC(O)COCCCOCCCNCC. The smallest absolute Gasteiger partial charge is 0.137 e. The molecule has 0 spiro atoms. The number of aliphatic hydroxyl groups is 1. The third-order valence-electron chi connectivity index (χ3n) is 2.06. The quantitative estimate of drug-likeness (QED) is 0.416. The normalized spacial score (nSPS) is 11.9. The Morgan fingerprint density at radius 1 is 1.18 bits per heavy atom. The molecular formula is C13H25NO3.